The number of carbonyl (C=O) groups is 1. The number of Topliss-reactive ketones (excluding diaryl/α,β-unsaturated/α-hetero) is 1. The molecule has 3 heterocycles. The summed E-state index contributed by atoms with van der Waals surface area (Å²) >= 11 is 1.35. The minimum Gasteiger partial charge on any atom is -0.493 e. The standard InChI is InChI=1S/C25H28N2O5S/c1-4-14-11-15(12-19(30-2)21(14)31-3)23-26-24-20(17-8-5-9-18(28)22(17)33-24)25(29)27(23)13-16-7-6-10-32-16/h11-12,16H,4-10,13H2,1-3H3. The van der Waals surface area contributed by atoms with Gasteiger partial charge in [0.05, 0.1) is 37.1 Å². The van der Waals surface area contributed by atoms with E-state index in [0.717, 1.165) is 48.8 Å². The first-order valence-corrected chi connectivity index (χ1v) is 12.3. The fourth-order valence-electron chi connectivity index (χ4n) is 4.96. The number of methoxy groups -OCH3 is 2. The second-order valence-electron chi connectivity index (χ2n) is 8.58. The van der Waals surface area contributed by atoms with Crippen LogP contribution in [0.3, 0.4) is 0 Å². The Balaban J connectivity index is 1.77. The van der Waals surface area contributed by atoms with Gasteiger partial charge in [-0.25, -0.2) is 4.98 Å². The summed E-state index contributed by atoms with van der Waals surface area (Å²) in [7, 11) is 3.23. The number of ketones is 1. The highest BCUT2D eigenvalue weighted by Gasteiger charge is 2.28. The smallest absolute Gasteiger partial charge is 0.262 e. The minimum absolute atomic E-state index is 0.0254. The fourth-order valence-corrected chi connectivity index (χ4v) is 6.14. The lowest BCUT2D eigenvalue weighted by Gasteiger charge is -2.19. The Morgan fingerprint density at radius 3 is 2.73 bits per heavy atom. The Morgan fingerprint density at radius 1 is 1.18 bits per heavy atom. The van der Waals surface area contributed by atoms with Crippen LogP contribution in [0.2, 0.25) is 0 Å². The van der Waals surface area contributed by atoms with Crippen LogP contribution in [0.4, 0.5) is 0 Å². The number of fused-ring (bicyclic) bond motifs is 3. The molecule has 1 atom stereocenters. The van der Waals surface area contributed by atoms with Crippen molar-refractivity contribution < 1.29 is 19.0 Å². The number of nitrogens with zero attached hydrogens (tertiary/aromatic N) is 2. The molecule has 1 saturated heterocycles. The molecule has 5 rings (SSSR count). The summed E-state index contributed by atoms with van der Waals surface area (Å²) in [5.41, 5.74) is 2.55. The van der Waals surface area contributed by atoms with E-state index in [2.05, 4.69) is 6.92 Å². The van der Waals surface area contributed by atoms with Gasteiger partial charge in [-0.15, -0.1) is 11.3 Å². The van der Waals surface area contributed by atoms with Crippen molar-refractivity contribution >= 4 is 27.3 Å². The molecule has 2 aromatic heterocycles. The predicted octanol–water partition coefficient (Wildman–Crippen LogP) is 4.40. The molecule has 33 heavy (non-hydrogen) atoms. The molecule has 174 valence electrons. The van der Waals surface area contributed by atoms with E-state index in [4.69, 9.17) is 19.2 Å². The Hall–Kier alpha value is -2.71. The van der Waals surface area contributed by atoms with Gasteiger partial charge in [-0.3, -0.25) is 14.2 Å². The number of hydrogen-bond donors (Lipinski definition) is 0. The maximum absolute atomic E-state index is 13.9. The maximum atomic E-state index is 13.9. The van der Waals surface area contributed by atoms with Gasteiger partial charge in [0.15, 0.2) is 17.3 Å². The van der Waals surface area contributed by atoms with Gasteiger partial charge in [0.25, 0.3) is 5.56 Å². The van der Waals surface area contributed by atoms with Crippen LogP contribution in [-0.4, -0.2) is 42.3 Å². The predicted molar refractivity (Wildman–Crippen MR) is 128 cm³/mol. The maximum Gasteiger partial charge on any atom is 0.262 e. The third-order valence-corrected chi connectivity index (χ3v) is 7.77. The molecule has 1 aliphatic carbocycles. The Bertz CT molecular complexity index is 1260. The fraction of sp³-hybridized carbons (Fsp3) is 0.480. The number of ether oxygens (including phenoxy) is 3. The summed E-state index contributed by atoms with van der Waals surface area (Å²) in [4.78, 5) is 32.7. The molecule has 1 unspecified atom stereocenters. The number of rotatable bonds is 6. The van der Waals surface area contributed by atoms with Gasteiger partial charge >= 0.3 is 0 Å². The number of benzene rings is 1. The van der Waals surface area contributed by atoms with Gasteiger partial charge < -0.3 is 14.2 Å². The third-order valence-electron chi connectivity index (χ3n) is 6.60. The first-order valence-electron chi connectivity index (χ1n) is 11.5. The van der Waals surface area contributed by atoms with Crippen LogP contribution in [0, 0.1) is 0 Å². The van der Waals surface area contributed by atoms with E-state index in [9.17, 15) is 9.59 Å². The van der Waals surface area contributed by atoms with E-state index in [-0.39, 0.29) is 17.4 Å². The van der Waals surface area contributed by atoms with Gasteiger partial charge in [-0.2, -0.15) is 0 Å². The van der Waals surface area contributed by atoms with Crippen LogP contribution < -0.4 is 15.0 Å². The van der Waals surface area contributed by atoms with Crippen LogP contribution in [0.1, 0.15) is 53.4 Å². The van der Waals surface area contributed by atoms with Crippen molar-refractivity contribution in [3.8, 4) is 22.9 Å². The van der Waals surface area contributed by atoms with E-state index in [1.165, 1.54) is 11.3 Å². The first kappa shape index (κ1) is 22.1. The zero-order valence-corrected chi connectivity index (χ0v) is 20.0. The van der Waals surface area contributed by atoms with Gasteiger partial charge in [-0.1, -0.05) is 6.92 Å². The molecule has 0 N–H and O–H groups in total. The lowest BCUT2D eigenvalue weighted by atomic mass is 9.96. The summed E-state index contributed by atoms with van der Waals surface area (Å²) in [5.74, 6) is 1.98. The SMILES string of the molecule is CCc1cc(-c2nc3sc4c(c3c(=O)n2CC2CCCO2)CCCC4=O)cc(OC)c1OC. The van der Waals surface area contributed by atoms with Crippen molar-refractivity contribution in [2.75, 3.05) is 20.8 Å². The summed E-state index contributed by atoms with van der Waals surface area (Å²) < 4.78 is 18.8. The number of aryl methyl sites for hydroxylation is 2. The van der Waals surface area contributed by atoms with Crippen molar-refractivity contribution in [1.82, 2.24) is 9.55 Å². The number of aromatic nitrogens is 2. The van der Waals surface area contributed by atoms with E-state index in [1.54, 1.807) is 18.8 Å². The lowest BCUT2D eigenvalue weighted by molar-refractivity contribution is 0.0963. The van der Waals surface area contributed by atoms with E-state index in [0.29, 0.717) is 52.0 Å². The molecule has 0 spiro atoms. The molecule has 0 radical (unpaired) electrons. The van der Waals surface area contributed by atoms with E-state index in [1.807, 2.05) is 12.1 Å². The molecule has 1 aromatic carbocycles. The molecule has 2 aliphatic rings. The monoisotopic (exact) mass is 468 g/mol. The molecule has 0 amide bonds. The zero-order chi connectivity index (χ0) is 23.1. The van der Waals surface area contributed by atoms with Gasteiger partial charge in [0.1, 0.15) is 10.7 Å². The Kier molecular flexibility index (Phi) is 5.97. The topological polar surface area (TPSA) is 79.7 Å². The molecule has 0 bridgehead atoms. The molecule has 1 fully saturated rings. The molecule has 7 nitrogen and oxygen atoms in total. The van der Waals surface area contributed by atoms with E-state index >= 15 is 0 Å². The second kappa shape index (κ2) is 8.91. The third kappa shape index (κ3) is 3.75. The molecular weight excluding hydrogens is 440 g/mol. The van der Waals surface area contributed by atoms with Gasteiger partial charge in [-0.05, 0) is 55.4 Å². The van der Waals surface area contributed by atoms with Crippen LogP contribution in [-0.2, 0) is 24.1 Å². The number of hydrogen-bond acceptors (Lipinski definition) is 7. The normalized spacial score (nSPS) is 18.0. The summed E-state index contributed by atoms with van der Waals surface area (Å²) in [6, 6.07) is 3.88. The Morgan fingerprint density at radius 2 is 2.03 bits per heavy atom. The van der Waals surface area contributed by atoms with Gasteiger partial charge in [0, 0.05) is 18.6 Å². The molecule has 1 aliphatic heterocycles. The molecule has 8 heteroatoms. The Labute approximate surface area is 196 Å². The van der Waals surface area contributed by atoms with Crippen molar-refractivity contribution in [1.29, 1.82) is 0 Å². The van der Waals surface area contributed by atoms with Crippen LogP contribution in [0.5, 0.6) is 11.5 Å². The summed E-state index contributed by atoms with van der Waals surface area (Å²) in [5, 5.41) is 0.598. The quantitative estimate of drug-likeness (QED) is 0.533. The van der Waals surface area contributed by atoms with Crippen LogP contribution in [0.15, 0.2) is 16.9 Å². The van der Waals surface area contributed by atoms with Crippen LogP contribution >= 0.6 is 11.3 Å². The lowest BCUT2D eigenvalue weighted by Crippen LogP contribution is -2.29. The number of thiophene rings is 1. The minimum atomic E-state index is -0.0921. The molecule has 0 saturated carbocycles. The van der Waals surface area contributed by atoms with Crippen molar-refractivity contribution in [2.45, 2.75) is 58.1 Å². The van der Waals surface area contributed by atoms with Crippen LogP contribution in [0.25, 0.3) is 21.6 Å². The van der Waals surface area contributed by atoms with Gasteiger partial charge in [0.2, 0.25) is 0 Å². The highest BCUT2D eigenvalue weighted by atomic mass is 32.1. The number of carbonyl (C=O) groups excluding carboxylic acids is 1. The molecule has 3 aromatic rings. The summed E-state index contributed by atoms with van der Waals surface area (Å²) in [6.45, 7) is 3.20. The largest absolute Gasteiger partial charge is 0.493 e. The average Bonchev–Trinajstić information content (AvgIpc) is 3.48. The zero-order valence-electron chi connectivity index (χ0n) is 19.2. The van der Waals surface area contributed by atoms with Crippen molar-refractivity contribution in [2.24, 2.45) is 0 Å². The van der Waals surface area contributed by atoms with E-state index < -0.39 is 0 Å². The average molecular weight is 469 g/mol. The highest BCUT2D eigenvalue weighted by Crippen LogP contribution is 2.38. The first-order chi connectivity index (χ1) is 16.0. The second-order valence-corrected chi connectivity index (χ2v) is 9.58. The van der Waals surface area contributed by atoms with Crippen molar-refractivity contribution in [3.63, 3.8) is 0 Å². The molecular formula is C25H28N2O5S. The highest BCUT2D eigenvalue weighted by molar-refractivity contribution is 7.20. The summed E-state index contributed by atoms with van der Waals surface area (Å²) in [6.07, 6.45) is 4.68. The van der Waals surface area contributed by atoms with Crippen molar-refractivity contribution in [3.05, 3.63) is 38.5 Å².